The predicted octanol–water partition coefficient (Wildman–Crippen LogP) is 4.37. The lowest BCUT2D eigenvalue weighted by molar-refractivity contribution is 0.816. The number of allylic oxidation sites excluding steroid dienone is 1. The van der Waals surface area contributed by atoms with Crippen LogP contribution in [0.15, 0.2) is 12.7 Å². The maximum Gasteiger partial charge on any atom is 0.0634 e. The van der Waals surface area contributed by atoms with E-state index in [0.717, 1.165) is 0 Å². The van der Waals surface area contributed by atoms with Gasteiger partial charge in [-0.25, -0.2) is 0 Å². The number of hydrogen-bond acceptors (Lipinski definition) is 3. The molecule has 0 aliphatic rings. The smallest absolute Gasteiger partial charge is 0.0634 e. The molecule has 0 bridgehead atoms. The first kappa shape index (κ1) is 13.8. The Morgan fingerprint density at radius 2 is 1.80 bits per heavy atom. The third-order valence-corrected chi connectivity index (χ3v) is 0.762. The quantitative estimate of drug-likeness (QED) is 0.264. The van der Waals surface area contributed by atoms with E-state index in [0.29, 0.717) is 0 Å². The first-order valence-electron chi connectivity index (χ1n) is 3.12. The van der Waals surface area contributed by atoms with Crippen LogP contribution in [0.25, 0.3) is 0 Å². The average molecular weight is 214 g/mol. The first-order valence-corrected chi connectivity index (χ1v) is 7.92. The number of hydrogen-bond donors (Lipinski definition) is 3. The van der Waals surface area contributed by atoms with Gasteiger partial charge in [-0.05, 0) is 6.42 Å². The van der Waals surface area contributed by atoms with Gasteiger partial charge in [0.2, 0.25) is 0 Å². The molecule has 0 unspecified atom stereocenters. The largest absolute Gasteiger partial charge is 0.130 e. The lowest BCUT2D eigenvalue weighted by Gasteiger charge is -1.81. The van der Waals surface area contributed by atoms with Crippen LogP contribution in [-0.2, 0) is 0 Å². The highest BCUT2D eigenvalue weighted by atomic mass is 33.3. The molecule has 0 aromatic heterocycles. The van der Waals surface area contributed by atoms with Gasteiger partial charge in [0, 0.05) is 0 Å². The minimum absolute atomic E-state index is 0.537. The van der Waals surface area contributed by atoms with Crippen LogP contribution in [0, 0.1) is 0 Å². The van der Waals surface area contributed by atoms with E-state index < -0.39 is 5.53 Å². The molecule has 0 fully saturated rings. The van der Waals surface area contributed by atoms with Gasteiger partial charge in [0.25, 0.3) is 0 Å². The van der Waals surface area contributed by atoms with Crippen LogP contribution in [0.2, 0.25) is 0 Å². The second-order valence-electron chi connectivity index (χ2n) is 1.70. The molecule has 0 saturated carbocycles. The predicted molar refractivity (Wildman–Crippen MR) is 63.6 cm³/mol. The van der Waals surface area contributed by atoms with Crippen LogP contribution >= 0.6 is 42.3 Å². The van der Waals surface area contributed by atoms with Crippen molar-refractivity contribution in [1.82, 2.24) is 0 Å². The molecular weight excluding hydrogens is 199 g/mol. The van der Waals surface area contributed by atoms with Crippen LogP contribution in [0.4, 0.5) is 0 Å². The van der Waals surface area contributed by atoms with E-state index >= 15 is 0 Å². The van der Waals surface area contributed by atoms with Crippen LogP contribution in [0.1, 0.15) is 26.2 Å². The summed E-state index contributed by atoms with van der Waals surface area (Å²) in [6, 6.07) is 0. The summed E-state index contributed by atoms with van der Waals surface area (Å²) in [4.78, 5) is 0. The molecule has 0 rings (SSSR count). The summed E-state index contributed by atoms with van der Waals surface area (Å²) >= 11 is 11.3. The minimum atomic E-state index is -0.537. The van der Waals surface area contributed by atoms with E-state index in [1.165, 1.54) is 19.3 Å². The Morgan fingerprint density at radius 3 is 1.90 bits per heavy atom. The SMILES string of the molecule is C=CCCCC.SP(S)S. The maximum absolute atomic E-state index is 3.76. The van der Waals surface area contributed by atoms with E-state index in [4.69, 9.17) is 0 Å². The lowest BCUT2D eigenvalue weighted by Crippen LogP contribution is -1.61. The molecule has 0 heterocycles. The van der Waals surface area contributed by atoms with Crippen molar-refractivity contribution < 1.29 is 0 Å². The van der Waals surface area contributed by atoms with E-state index in [9.17, 15) is 0 Å². The van der Waals surface area contributed by atoms with Gasteiger partial charge in [0.15, 0.2) is 0 Å². The van der Waals surface area contributed by atoms with Gasteiger partial charge < -0.3 is 0 Å². The fourth-order valence-corrected chi connectivity index (χ4v) is 0.348. The monoisotopic (exact) mass is 214 g/mol. The lowest BCUT2D eigenvalue weighted by atomic mass is 10.3. The van der Waals surface area contributed by atoms with Crippen molar-refractivity contribution in [1.29, 1.82) is 0 Å². The van der Waals surface area contributed by atoms with Crippen molar-refractivity contribution in [3.8, 4) is 0 Å². The molecule has 4 heteroatoms. The van der Waals surface area contributed by atoms with Gasteiger partial charge in [-0.3, -0.25) is 0 Å². The Balaban J connectivity index is 0. The Bertz CT molecular complexity index is 63.3. The van der Waals surface area contributed by atoms with E-state index in [-0.39, 0.29) is 0 Å². The summed E-state index contributed by atoms with van der Waals surface area (Å²) in [5, 5.41) is 0. The van der Waals surface area contributed by atoms with Crippen molar-refractivity contribution in [3.63, 3.8) is 0 Å². The highest BCUT2D eigenvalue weighted by Gasteiger charge is 1.71. The molecule has 0 radical (unpaired) electrons. The molecule has 62 valence electrons. The summed E-state index contributed by atoms with van der Waals surface area (Å²) < 4.78 is 0. The average Bonchev–Trinajstić information content (AvgIpc) is 1.82. The van der Waals surface area contributed by atoms with Crippen molar-refractivity contribution >= 4 is 42.3 Å². The van der Waals surface area contributed by atoms with E-state index in [1.807, 2.05) is 6.08 Å². The third kappa shape index (κ3) is 35.0. The highest BCUT2D eigenvalue weighted by molar-refractivity contribution is 9.02. The molecule has 0 N–H and O–H groups in total. The van der Waals surface area contributed by atoms with Crippen molar-refractivity contribution in [3.05, 3.63) is 12.7 Å². The van der Waals surface area contributed by atoms with Gasteiger partial charge in [-0.2, -0.15) is 0 Å². The topological polar surface area (TPSA) is 0 Å². The zero-order valence-corrected chi connectivity index (χ0v) is 9.77. The van der Waals surface area contributed by atoms with Crippen LogP contribution in [0.3, 0.4) is 0 Å². The van der Waals surface area contributed by atoms with Crippen molar-refractivity contribution in [2.24, 2.45) is 0 Å². The Kier molecular flexibility index (Phi) is 17.7. The molecule has 0 aromatic rings. The zero-order chi connectivity index (χ0) is 8.41. The normalized spacial score (nSPS) is 8.50. The maximum atomic E-state index is 3.76. The van der Waals surface area contributed by atoms with Crippen LogP contribution < -0.4 is 0 Å². The molecule has 0 aromatic carbocycles. The third-order valence-electron chi connectivity index (χ3n) is 0.762. The minimum Gasteiger partial charge on any atom is -0.130 e. The summed E-state index contributed by atoms with van der Waals surface area (Å²) in [7, 11) is 0. The molecule has 0 saturated heterocycles. The van der Waals surface area contributed by atoms with Gasteiger partial charge in [0.1, 0.15) is 0 Å². The molecule has 0 aliphatic carbocycles. The second kappa shape index (κ2) is 12.9. The summed E-state index contributed by atoms with van der Waals surface area (Å²) in [6.07, 6.45) is 5.72. The van der Waals surface area contributed by atoms with Gasteiger partial charge in [-0.1, -0.05) is 25.8 Å². The van der Waals surface area contributed by atoms with E-state index in [2.05, 4.69) is 50.2 Å². The second-order valence-corrected chi connectivity index (χ2v) is 8.68. The van der Waals surface area contributed by atoms with Crippen molar-refractivity contribution in [2.45, 2.75) is 26.2 Å². The summed E-state index contributed by atoms with van der Waals surface area (Å²) in [5.74, 6) is 0. The highest BCUT2D eigenvalue weighted by Crippen LogP contribution is 2.49. The number of unbranched alkanes of at least 4 members (excludes halogenated alkanes) is 2. The standard InChI is InChI=1S/C6H12.H3PS3/c1-3-5-6-4-2;2-1(3)4/h3H,1,4-6H2,2H3;2-4H. The molecular formula is C6H15PS3. The molecule has 0 amide bonds. The molecule has 0 nitrogen and oxygen atoms in total. The molecule has 0 spiro atoms. The fraction of sp³-hybridized carbons (Fsp3) is 0.667. The Labute approximate surface area is 81.1 Å². The van der Waals surface area contributed by atoms with E-state index in [1.54, 1.807) is 0 Å². The van der Waals surface area contributed by atoms with Gasteiger partial charge >= 0.3 is 0 Å². The van der Waals surface area contributed by atoms with Gasteiger partial charge in [0.05, 0.1) is 5.53 Å². The number of thiol groups is 3. The Morgan fingerprint density at radius 1 is 1.40 bits per heavy atom. The first-order chi connectivity index (χ1) is 4.65. The molecule has 10 heavy (non-hydrogen) atoms. The summed E-state index contributed by atoms with van der Waals surface area (Å²) in [6.45, 7) is 5.78. The zero-order valence-electron chi connectivity index (χ0n) is 6.19. The molecule has 0 atom stereocenters. The van der Waals surface area contributed by atoms with Crippen molar-refractivity contribution in [2.75, 3.05) is 0 Å². The fourth-order valence-electron chi connectivity index (χ4n) is 0.348. The van der Waals surface area contributed by atoms with Gasteiger partial charge in [-0.15, -0.1) is 43.3 Å². The van der Waals surface area contributed by atoms with Crippen LogP contribution in [-0.4, -0.2) is 0 Å². The summed E-state index contributed by atoms with van der Waals surface area (Å²) in [5.41, 5.74) is -0.537. The molecule has 0 aliphatic heterocycles. The Hall–Kier alpha value is 1.22. The number of rotatable bonds is 3. The van der Waals surface area contributed by atoms with Crippen LogP contribution in [0.5, 0.6) is 0 Å².